The van der Waals surface area contributed by atoms with Crippen molar-refractivity contribution >= 4 is 6.03 Å². The Labute approximate surface area is 73.1 Å². The van der Waals surface area contributed by atoms with Gasteiger partial charge in [0.2, 0.25) is 0 Å². The monoisotopic (exact) mass is 171 g/mol. The number of amides is 2. The first kappa shape index (κ1) is 9.32. The maximum atomic E-state index is 11.2. The van der Waals surface area contributed by atoms with Gasteiger partial charge in [0, 0.05) is 18.6 Å². The number of carbonyl (C=O) groups excluding carboxylic acids is 1. The van der Waals surface area contributed by atoms with Crippen LogP contribution in [-0.4, -0.2) is 31.2 Å². The molecule has 1 aliphatic rings. The first-order chi connectivity index (χ1) is 5.68. The minimum Gasteiger partial charge on any atom is -0.336 e. The van der Waals surface area contributed by atoms with Crippen molar-refractivity contribution in [2.75, 3.05) is 13.1 Å². The summed E-state index contributed by atoms with van der Waals surface area (Å²) in [5, 5.41) is 8.88. The molecule has 0 bridgehead atoms. The van der Waals surface area contributed by atoms with E-state index in [0.717, 1.165) is 19.5 Å². The maximum absolute atomic E-state index is 11.2. The van der Waals surface area contributed by atoms with E-state index in [1.54, 1.807) is 0 Å². The van der Waals surface area contributed by atoms with Gasteiger partial charge in [-0.3, -0.25) is 0 Å². The van der Waals surface area contributed by atoms with Crippen molar-refractivity contribution in [3.8, 4) is 0 Å². The summed E-state index contributed by atoms with van der Waals surface area (Å²) in [5.41, 5.74) is 0. The highest BCUT2D eigenvalue weighted by Crippen LogP contribution is 1.96. The van der Waals surface area contributed by atoms with Crippen LogP contribution in [0.25, 0.3) is 0 Å². The van der Waals surface area contributed by atoms with Crippen LogP contribution in [0.2, 0.25) is 0 Å². The van der Waals surface area contributed by atoms with Gasteiger partial charge in [0.25, 0.3) is 0 Å². The lowest BCUT2D eigenvalue weighted by molar-refractivity contribution is 0.235. The number of hydrogen-bond acceptors (Lipinski definition) is 2. The van der Waals surface area contributed by atoms with Gasteiger partial charge in [0.15, 0.2) is 0 Å². The summed E-state index contributed by atoms with van der Waals surface area (Å²) in [6.07, 6.45) is 1.03. The predicted octanol–water partition coefficient (Wildman–Crippen LogP) is 0.0559. The van der Waals surface area contributed by atoms with Gasteiger partial charge in [-0.05, 0) is 26.8 Å². The van der Waals surface area contributed by atoms with Gasteiger partial charge < -0.3 is 16.0 Å². The summed E-state index contributed by atoms with van der Waals surface area (Å²) in [6.45, 7) is 5.80. The maximum Gasteiger partial charge on any atom is 0.315 e. The summed E-state index contributed by atoms with van der Waals surface area (Å²) < 4.78 is 0. The Balaban J connectivity index is 2.16. The Hall–Kier alpha value is -0.770. The van der Waals surface area contributed by atoms with Gasteiger partial charge in [0.1, 0.15) is 0 Å². The quantitative estimate of drug-likeness (QED) is 0.550. The molecule has 3 N–H and O–H groups in total. The van der Waals surface area contributed by atoms with Crippen LogP contribution in [0.5, 0.6) is 0 Å². The van der Waals surface area contributed by atoms with E-state index in [2.05, 4.69) is 16.0 Å². The zero-order valence-electron chi connectivity index (χ0n) is 7.68. The molecule has 12 heavy (non-hydrogen) atoms. The summed E-state index contributed by atoms with van der Waals surface area (Å²) >= 11 is 0. The Morgan fingerprint density at radius 3 is 2.83 bits per heavy atom. The Bertz CT molecular complexity index is 152. The zero-order valence-corrected chi connectivity index (χ0v) is 7.68. The van der Waals surface area contributed by atoms with Crippen molar-refractivity contribution in [2.24, 2.45) is 0 Å². The summed E-state index contributed by atoms with van der Waals surface area (Å²) in [6, 6.07) is 0.460. The first-order valence-electron chi connectivity index (χ1n) is 4.46. The lowest BCUT2D eigenvalue weighted by Gasteiger charge is -2.14. The first-order valence-corrected chi connectivity index (χ1v) is 4.46. The van der Waals surface area contributed by atoms with Gasteiger partial charge in [0.05, 0.1) is 0 Å². The molecule has 1 aliphatic heterocycles. The smallest absolute Gasteiger partial charge is 0.315 e. The van der Waals surface area contributed by atoms with Crippen molar-refractivity contribution in [3.63, 3.8) is 0 Å². The molecule has 1 saturated heterocycles. The number of nitrogens with one attached hydrogen (secondary N) is 3. The fraction of sp³-hybridized carbons (Fsp3) is 0.875. The van der Waals surface area contributed by atoms with E-state index in [4.69, 9.17) is 0 Å². The highest BCUT2D eigenvalue weighted by atomic mass is 16.2. The molecular weight excluding hydrogens is 154 g/mol. The minimum absolute atomic E-state index is 0.0568. The third-order valence-corrected chi connectivity index (χ3v) is 1.82. The fourth-order valence-corrected chi connectivity index (χ4v) is 1.27. The molecule has 1 atom stereocenters. The molecular formula is C8H17N3O. The molecule has 0 aromatic heterocycles. The van der Waals surface area contributed by atoms with E-state index < -0.39 is 0 Å². The molecule has 2 amide bonds. The third-order valence-electron chi connectivity index (χ3n) is 1.82. The van der Waals surface area contributed by atoms with Gasteiger partial charge in [-0.25, -0.2) is 4.79 Å². The van der Waals surface area contributed by atoms with Crippen LogP contribution >= 0.6 is 0 Å². The van der Waals surface area contributed by atoms with Crippen LogP contribution in [0.1, 0.15) is 20.3 Å². The molecule has 1 fully saturated rings. The van der Waals surface area contributed by atoms with Crippen molar-refractivity contribution in [1.29, 1.82) is 0 Å². The van der Waals surface area contributed by atoms with Gasteiger partial charge in [-0.15, -0.1) is 0 Å². The van der Waals surface area contributed by atoms with E-state index in [0.29, 0.717) is 6.04 Å². The second-order valence-corrected chi connectivity index (χ2v) is 3.46. The second kappa shape index (κ2) is 4.30. The van der Waals surface area contributed by atoms with E-state index >= 15 is 0 Å². The third kappa shape index (κ3) is 3.09. The van der Waals surface area contributed by atoms with E-state index in [1.165, 1.54) is 0 Å². The van der Waals surface area contributed by atoms with Crippen LogP contribution in [0, 0.1) is 0 Å². The summed E-state index contributed by atoms with van der Waals surface area (Å²) in [4.78, 5) is 11.2. The Kier molecular flexibility index (Phi) is 3.34. The van der Waals surface area contributed by atoms with Gasteiger partial charge >= 0.3 is 6.03 Å². The molecule has 1 rings (SSSR count). The average molecular weight is 171 g/mol. The molecule has 0 saturated carbocycles. The molecule has 4 nitrogen and oxygen atoms in total. The lowest BCUT2D eigenvalue weighted by atomic mass is 10.3. The van der Waals surface area contributed by atoms with Crippen LogP contribution in [0.15, 0.2) is 0 Å². The second-order valence-electron chi connectivity index (χ2n) is 3.46. The van der Waals surface area contributed by atoms with Crippen molar-refractivity contribution in [1.82, 2.24) is 16.0 Å². The van der Waals surface area contributed by atoms with Crippen molar-refractivity contribution < 1.29 is 4.79 Å². The molecule has 0 unspecified atom stereocenters. The average Bonchev–Trinajstić information content (AvgIpc) is 2.37. The summed E-state index contributed by atoms with van der Waals surface area (Å²) in [5.74, 6) is 0. The highest BCUT2D eigenvalue weighted by Gasteiger charge is 2.16. The lowest BCUT2D eigenvalue weighted by Crippen LogP contribution is -2.45. The molecule has 0 aromatic carbocycles. The van der Waals surface area contributed by atoms with E-state index in [9.17, 15) is 4.79 Å². The van der Waals surface area contributed by atoms with Crippen molar-refractivity contribution in [3.05, 3.63) is 0 Å². The molecule has 0 radical (unpaired) electrons. The summed E-state index contributed by atoms with van der Waals surface area (Å²) in [7, 11) is 0. The molecule has 1 heterocycles. The highest BCUT2D eigenvalue weighted by molar-refractivity contribution is 5.74. The normalized spacial score (nSPS) is 22.8. The number of urea groups is 1. The Morgan fingerprint density at radius 2 is 2.33 bits per heavy atom. The van der Waals surface area contributed by atoms with E-state index in [-0.39, 0.29) is 12.1 Å². The topological polar surface area (TPSA) is 53.2 Å². The van der Waals surface area contributed by atoms with Crippen LogP contribution < -0.4 is 16.0 Å². The fourth-order valence-electron chi connectivity index (χ4n) is 1.27. The minimum atomic E-state index is -0.0568. The SMILES string of the molecule is CC(C)NC(=O)N[C@@H]1CCNC1. The van der Waals surface area contributed by atoms with Crippen LogP contribution in [0.4, 0.5) is 4.79 Å². The molecule has 70 valence electrons. The number of carbonyl (C=O) groups is 1. The molecule has 4 heteroatoms. The molecule has 0 aromatic rings. The van der Waals surface area contributed by atoms with E-state index in [1.807, 2.05) is 13.8 Å². The largest absolute Gasteiger partial charge is 0.336 e. The molecule has 0 spiro atoms. The van der Waals surface area contributed by atoms with Gasteiger partial charge in [-0.1, -0.05) is 0 Å². The van der Waals surface area contributed by atoms with Crippen LogP contribution in [0.3, 0.4) is 0 Å². The van der Waals surface area contributed by atoms with Gasteiger partial charge in [-0.2, -0.15) is 0 Å². The molecule has 0 aliphatic carbocycles. The van der Waals surface area contributed by atoms with Crippen molar-refractivity contribution in [2.45, 2.75) is 32.4 Å². The predicted molar refractivity (Wildman–Crippen MR) is 48.1 cm³/mol. The number of rotatable bonds is 2. The zero-order chi connectivity index (χ0) is 8.97. The number of hydrogen-bond donors (Lipinski definition) is 3. The standard InChI is InChI=1S/C8H17N3O/c1-6(2)10-8(12)11-7-3-4-9-5-7/h6-7,9H,3-5H2,1-2H3,(H2,10,11,12)/t7-/m1/s1. The Morgan fingerprint density at radius 1 is 1.58 bits per heavy atom. The van der Waals surface area contributed by atoms with Crippen LogP contribution in [-0.2, 0) is 0 Å².